The number of aromatic nitrogens is 2. The normalized spacial score (nSPS) is 15.8. The van der Waals surface area contributed by atoms with Gasteiger partial charge >= 0.3 is 0 Å². The van der Waals surface area contributed by atoms with Gasteiger partial charge in [0, 0.05) is 24.6 Å². The molecule has 0 spiro atoms. The third-order valence-electron chi connectivity index (χ3n) is 2.75. The predicted octanol–water partition coefficient (Wildman–Crippen LogP) is 2.45. The Bertz CT molecular complexity index is 571. The molecule has 0 saturated carbocycles. The van der Waals surface area contributed by atoms with Crippen molar-refractivity contribution in [3.8, 4) is 0 Å². The topological polar surface area (TPSA) is 46.4 Å². The highest BCUT2D eigenvalue weighted by Crippen LogP contribution is 2.17. The van der Waals surface area contributed by atoms with Crippen molar-refractivity contribution in [2.45, 2.75) is 38.5 Å². The average Bonchev–Trinajstić information content (AvgIpc) is 2.74. The Kier molecular flexibility index (Phi) is 3.54. The van der Waals surface area contributed by atoms with Crippen molar-refractivity contribution in [3.05, 3.63) is 36.3 Å². The van der Waals surface area contributed by atoms with E-state index in [9.17, 15) is 4.21 Å². The molecule has 0 aliphatic rings. The molecule has 0 aromatic carbocycles. The number of fused-ring (bicyclic) bond motifs is 1. The van der Waals surface area contributed by atoms with Crippen LogP contribution in [0.4, 0.5) is 0 Å². The molecule has 2 atom stereocenters. The fourth-order valence-corrected chi connectivity index (χ4v) is 2.41. The predicted molar refractivity (Wildman–Crippen MR) is 74.6 cm³/mol. The van der Waals surface area contributed by atoms with Crippen LogP contribution < -0.4 is 4.72 Å². The van der Waals surface area contributed by atoms with Gasteiger partial charge in [-0.1, -0.05) is 6.07 Å². The van der Waals surface area contributed by atoms with Crippen molar-refractivity contribution in [2.75, 3.05) is 0 Å². The Hall–Kier alpha value is -1.20. The first-order chi connectivity index (χ1) is 8.38. The standard InChI is InChI=1S/C13H19N3OS/c1-10(15-18(17)13(2,3)4)11-5-6-12-14-7-8-16(12)9-11/h5-10,15H,1-4H3. The van der Waals surface area contributed by atoms with Crippen LogP contribution in [-0.4, -0.2) is 18.3 Å². The number of rotatable bonds is 3. The van der Waals surface area contributed by atoms with E-state index in [2.05, 4.69) is 9.71 Å². The molecule has 2 aromatic rings. The molecule has 98 valence electrons. The van der Waals surface area contributed by atoms with Gasteiger partial charge in [0.1, 0.15) is 5.65 Å². The molecule has 5 heteroatoms. The molecular weight excluding hydrogens is 246 g/mol. The van der Waals surface area contributed by atoms with E-state index < -0.39 is 11.0 Å². The molecule has 0 amide bonds. The zero-order chi connectivity index (χ0) is 13.3. The summed E-state index contributed by atoms with van der Waals surface area (Å²) >= 11 is 0. The number of nitrogens with zero attached hydrogens (tertiary/aromatic N) is 2. The molecule has 2 heterocycles. The van der Waals surface area contributed by atoms with Gasteiger partial charge < -0.3 is 4.40 Å². The molecule has 0 aliphatic heterocycles. The van der Waals surface area contributed by atoms with Gasteiger partial charge in [0.25, 0.3) is 0 Å². The first-order valence-electron chi connectivity index (χ1n) is 5.98. The van der Waals surface area contributed by atoms with Crippen LogP contribution in [0, 0.1) is 0 Å². The lowest BCUT2D eigenvalue weighted by atomic mass is 10.1. The van der Waals surface area contributed by atoms with Crippen LogP contribution in [0.3, 0.4) is 0 Å². The Morgan fingerprint density at radius 3 is 2.78 bits per heavy atom. The van der Waals surface area contributed by atoms with Crippen molar-refractivity contribution in [2.24, 2.45) is 0 Å². The van der Waals surface area contributed by atoms with Crippen molar-refractivity contribution >= 4 is 16.6 Å². The smallest absolute Gasteiger partial charge is 0.136 e. The number of nitrogens with one attached hydrogen (secondary N) is 1. The summed E-state index contributed by atoms with van der Waals surface area (Å²) < 4.78 is 16.9. The molecule has 2 unspecified atom stereocenters. The van der Waals surface area contributed by atoms with Gasteiger partial charge in [0.2, 0.25) is 0 Å². The zero-order valence-corrected chi connectivity index (χ0v) is 12.0. The summed E-state index contributed by atoms with van der Waals surface area (Å²) in [6, 6.07) is 4.02. The highest BCUT2D eigenvalue weighted by molar-refractivity contribution is 7.84. The number of hydrogen-bond donors (Lipinski definition) is 1. The summed E-state index contributed by atoms with van der Waals surface area (Å²) in [7, 11) is -1.07. The van der Waals surface area contributed by atoms with E-state index in [0.29, 0.717) is 0 Å². The number of hydrogen-bond acceptors (Lipinski definition) is 2. The van der Waals surface area contributed by atoms with Crippen LogP contribution >= 0.6 is 0 Å². The van der Waals surface area contributed by atoms with Crippen molar-refractivity contribution in [1.29, 1.82) is 0 Å². The highest BCUT2D eigenvalue weighted by Gasteiger charge is 2.21. The average molecular weight is 265 g/mol. The molecule has 0 bridgehead atoms. The third-order valence-corrected chi connectivity index (χ3v) is 4.43. The maximum Gasteiger partial charge on any atom is 0.136 e. The quantitative estimate of drug-likeness (QED) is 0.926. The highest BCUT2D eigenvalue weighted by atomic mass is 32.2. The first-order valence-corrected chi connectivity index (χ1v) is 7.13. The van der Waals surface area contributed by atoms with E-state index >= 15 is 0 Å². The minimum Gasteiger partial charge on any atom is -0.307 e. The van der Waals surface area contributed by atoms with Crippen LogP contribution in [0.5, 0.6) is 0 Å². The number of pyridine rings is 1. The summed E-state index contributed by atoms with van der Waals surface area (Å²) in [4.78, 5) is 4.20. The van der Waals surface area contributed by atoms with Crippen molar-refractivity contribution in [3.63, 3.8) is 0 Å². The summed E-state index contributed by atoms with van der Waals surface area (Å²) in [5.74, 6) is 0. The van der Waals surface area contributed by atoms with E-state index in [4.69, 9.17) is 0 Å². The van der Waals surface area contributed by atoms with Crippen molar-refractivity contribution in [1.82, 2.24) is 14.1 Å². The SMILES string of the molecule is CC(NS(=O)C(C)(C)C)c1ccc2nccn2c1. The second kappa shape index (κ2) is 4.82. The summed E-state index contributed by atoms with van der Waals surface area (Å²) in [5, 5.41) is 0. The minimum absolute atomic E-state index is 0.0388. The van der Waals surface area contributed by atoms with Crippen molar-refractivity contribution < 1.29 is 4.21 Å². The minimum atomic E-state index is -1.07. The molecule has 4 nitrogen and oxygen atoms in total. The lowest BCUT2D eigenvalue weighted by Crippen LogP contribution is -2.34. The molecular formula is C13H19N3OS. The number of imidazole rings is 1. The molecule has 2 rings (SSSR count). The van der Waals surface area contributed by atoms with Crippen LogP contribution in [-0.2, 0) is 11.0 Å². The second-order valence-electron chi connectivity index (χ2n) is 5.38. The van der Waals surface area contributed by atoms with Crippen LogP contribution in [0.2, 0.25) is 0 Å². The van der Waals surface area contributed by atoms with Gasteiger partial charge in [-0.2, -0.15) is 0 Å². The van der Waals surface area contributed by atoms with Gasteiger partial charge in [-0.15, -0.1) is 0 Å². The summed E-state index contributed by atoms with van der Waals surface area (Å²) in [6.45, 7) is 7.90. The van der Waals surface area contributed by atoms with E-state index in [0.717, 1.165) is 11.2 Å². The van der Waals surface area contributed by atoms with E-state index in [1.165, 1.54) is 0 Å². The fourth-order valence-electron chi connectivity index (χ4n) is 1.60. The molecule has 0 aliphatic carbocycles. The van der Waals surface area contributed by atoms with Crippen LogP contribution in [0.25, 0.3) is 5.65 Å². The molecule has 2 aromatic heterocycles. The molecule has 0 saturated heterocycles. The van der Waals surface area contributed by atoms with Gasteiger partial charge in [-0.25, -0.2) is 13.9 Å². The Morgan fingerprint density at radius 2 is 2.11 bits per heavy atom. The van der Waals surface area contributed by atoms with Gasteiger partial charge in [0.05, 0.1) is 15.7 Å². The van der Waals surface area contributed by atoms with Crippen LogP contribution in [0.1, 0.15) is 39.3 Å². The molecule has 0 radical (unpaired) electrons. The van der Waals surface area contributed by atoms with E-state index in [1.807, 2.05) is 56.6 Å². The van der Waals surface area contributed by atoms with Gasteiger partial charge in [0.15, 0.2) is 0 Å². The van der Waals surface area contributed by atoms with E-state index in [-0.39, 0.29) is 10.8 Å². The van der Waals surface area contributed by atoms with Gasteiger partial charge in [-0.3, -0.25) is 0 Å². The monoisotopic (exact) mass is 265 g/mol. The van der Waals surface area contributed by atoms with E-state index in [1.54, 1.807) is 6.20 Å². The summed E-state index contributed by atoms with van der Waals surface area (Å²) in [6.07, 6.45) is 5.69. The Labute approximate surface area is 110 Å². The Balaban J connectivity index is 2.18. The third kappa shape index (κ3) is 2.79. The Morgan fingerprint density at radius 1 is 1.39 bits per heavy atom. The summed E-state index contributed by atoms with van der Waals surface area (Å²) in [5.41, 5.74) is 2.01. The lowest BCUT2D eigenvalue weighted by molar-refractivity contribution is 0.615. The maximum atomic E-state index is 12.0. The zero-order valence-electron chi connectivity index (χ0n) is 11.2. The van der Waals surface area contributed by atoms with Crippen LogP contribution in [0.15, 0.2) is 30.7 Å². The fraction of sp³-hybridized carbons (Fsp3) is 0.462. The maximum absolute atomic E-state index is 12.0. The largest absolute Gasteiger partial charge is 0.307 e. The molecule has 1 N–H and O–H groups in total. The molecule has 0 fully saturated rings. The molecule has 18 heavy (non-hydrogen) atoms. The van der Waals surface area contributed by atoms with Gasteiger partial charge in [-0.05, 0) is 39.3 Å². The lowest BCUT2D eigenvalue weighted by Gasteiger charge is -2.22. The second-order valence-corrected chi connectivity index (χ2v) is 7.37. The first kappa shape index (κ1) is 13.2.